The Morgan fingerprint density at radius 1 is 1.11 bits per heavy atom. The Morgan fingerprint density at radius 2 is 1.79 bits per heavy atom. The minimum absolute atomic E-state index is 0.673. The van der Waals surface area contributed by atoms with Gasteiger partial charge in [-0.05, 0) is 56.2 Å². The van der Waals surface area contributed by atoms with E-state index in [9.17, 15) is 0 Å². The van der Waals surface area contributed by atoms with Gasteiger partial charge in [0.15, 0.2) is 0 Å². The Labute approximate surface area is 117 Å². The summed E-state index contributed by atoms with van der Waals surface area (Å²) in [6.45, 7) is 5.81. The molecule has 0 spiro atoms. The van der Waals surface area contributed by atoms with Gasteiger partial charge < -0.3 is 10.2 Å². The molecule has 1 aromatic carbocycles. The molecule has 1 unspecified atom stereocenters. The number of anilines is 1. The van der Waals surface area contributed by atoms with E-state index in [0.717, 1.165) is 12.5 Å². The predicted octanol–water partition coefficient (Wildman–Crippen LogP) is 3.57. The van der Waals surface area contributed by atoms with Gasteiger partial charge in [0, 0.05) is 31.4 Å². The minimum Gasteiger partial charge on any atom is -0.372 e. The summed E-state index contributed by atoms with van der Waals surface area (Å²) in [5, 5.41) is 3.68. The smallest absolute Gasteiger partial charge is 0.0366 e. The Kier molecular flexibility index (Phi) is 4.07. The second-order valence-corrected chi connectivity index (χ2v) is 6.22. The van der Waals surface area contributed by atoms with Gasteiger partial charge in [0.2, 0.25) is 0 Å². The van der Waals surface area contributed by atoms with Gasteiger partial charge >= 0.3 is 0 Å². The van der Waals surface area contributed by atoms with Crippen LogP contribution in [0.2, 0.25) is 0 Å². The quantitative estimate of drug-likeness (QED) is 0.868. The predicted molar refractivity (Wildman–Crippen MR) is 81.5 cm³/mol. The SMILES string of the molecule is CC(NCc1ccc(N2CCCC2)cc1)C1CCC1. The van der Waals surface area contributed by atoms with E-state index in [2.05, 4.69) is 41.4 Å². The first-order chi connectivity index (χ1) is 9.33. The molecule has 3 rings (SSSR count). The van der Waals surface area contributed by atoms with Gasteiger partial charge in [-0.25, -0.2) is 0 Å². The second-order valence-electron chi connectivity index (χ2n) is 6.22. The van der Waals surface area contributed by atoms with Crippen LogP contribution in [-0.2, 0) is 6.54 Å². The number of rotatable bonds is 5. The van der Waals surface area contributed by atoms with Gasteiger partial charge in [0.25, 0.3) is 0 Å². The summed E-state index contributed by atoms with van der Waals surface area (Å²) >= 11 is 0. The van der Waals surface area contributed by atoms with E-state index in [-0.39, 0.29) is 0 Å². The third-order valence-corrected chi connectivity index (χ3v) is 4.89. The van der Waals surface area contributed by atoms with Crippen molar-refractivity contribution in [3.05, 3.63) is 29.8 Å². The zero-order valence-corrected chi connectivity index (χ0v) is 12.1. The van der Waals surface area contributed by atoms with Crippen molar-refractivity contribution in [3.8, 4) is 0 Å². The van der Waals surface area contributed by atoms with Crippen LogP contribution in [0.1, 0.15) is 44.6 Å². The van der Waals surface area contributed by atoms with Crippen LogP contribution in [0.15, 0.2) is 24.3 Å². The molecule has 1 aliphatic carbocycles. The summed E-state index contributed by atoms with van der Waals surface area (Å²) < 4.78 is 0. The zero-order chi connectivity index (χ0) is 13.1. The molecule has 0 amide bonds. The first-order valence-electron chi connectivity index (χ1n) is 7.90. The number of hydrogen-bond donors (Lipinski definition) is 1. The van der Waals surface area contributed by atoms with Crippen LogP contribution in [0.5, 0.6) is 0 Å². The fourth-order valence-electron chi connectivity index (χ4n) is 3.19. The van der Waals surface area contributed by atoms with Crippen molar-refractivity contribution in [1.29, 1.82) is 0 Å². The summed E-state index contributed by atoms with van der Waals surface area (Å²) in [4.78, 5) is 2.49. The first-order valence-corrected chi connectivity index (χ1v) is 7.90. The van der Waals surface area contributed by atoms with Crippen LogP contribution in [0, 0.1) is 5.92 Å². The molecule has 2 heteroatoms. The molecule has 0 bridgehead atoms. The fourth-order valence-corrected chi connectivity index (χ4v) is 3.19. The van der Waals surface area contributed by atoms with Gasteiger partial charge in [-0.3, -0.25) is 0 Å². The van der Waals surface area contributed by atoms with Crippen molar-refractivity contribution in [3.63, 3.8) is 0 Å². The summed E-state index contributed by atoms with van der Waals surface area (Å²) in [6, 6.07) is 9.82. The molecule has 104 valence electrons. The van der Waals surface area contributed by atoms with Crippen LogP contribution >= 0.6 is 0 Å². The molecule has 1 aromatic rings. The van der Waals surface area contributed by atoms with Crippen LogP contribution in [0.4, 0.5) is 5.69 Å². The summed E-state index contributed by atoms with van der Waals surface area (Å²) in [5.41, 5.74) is 2.81. The van der Waals surface area contributed by atoms with E-state index < -0.39 is 0 Å². The highest BCUT2D eigenvalue weighted by atomic mass is 15.1. The Morgan fingerprint density at radius 3 is 2.37 bits per heavy atom. The molecular weight excluding hydrogens is 232 g/mol. The fraction of sp³-hybridized carbons (Fsp3) is 0.647. The van der Waals surface area contributed by atoms with Crippen LogP contribution < -0.4 is 10.2 Å². The maximum atomic E-state index is 3.68. The number of benzene rings is 1. The van der Waals surface area contributed by atoms with E-state index in [1.54, 1.807) is 0 Å². The maximum Gasteiger partial charge on any atom is 0.0366 e. The summed E-state index contributed by atoms with van der Waals surface area (Å²) in [7, 11) is 0. The lowest BCUT2D eigenvalue weighted by Gasteiger charge is -2.32. The number of nitrogens with zero attached hydrogens (tertiary/aromatic N) is 1. The molecule has 1 heterocycles. The lowest BCUT2D eigenvalue weighted by molar-refractivity contribution is 0.240. The highest BCUT2D eigenvalue weighted by Gasteiger charge is 2.23. The molecule has 1 aliphatic heterocycles. The average Bonchev–Trinajstić information content (AvgIpc) is 2.89. The van der Waals surface area contributed by atoms with E-state index >= 15 is 0 Å². The van der Waals surface area contributed by atoms with Gasteiger partial charge in [-0.2, -0.15) is 0 Å². The lowest BCUT2D eigenvalue weighted by atomic mass is 9.80. The largest absolute Gasteiger partial charge is 0.372 e. The van der Waals surface area contributed by atoms with Crippen LogP contribution in [-0.4, -0.2) is 19.1 Å². The van der Waals surface area contributed by atoms with Crippen molar-refractivity contribution in [1.82, 2.24) is 5.32 Å². The molecule has 1 atom stereocenters. The van der Waals surface area contributed by atoms with Gasteiger partial charge in [0.1, 0.15) is 0 Å². The lowest BCUT2D eigenvalue weighted by Crippen LogP contribution is -2.36. The minimum atomic E-state index is 0.673. The summed E-state index contributed by atoms with van der Waals surface area (Å²) in [5.74, 6) is 0.920. The summed E-state index contributed by atoms with van der Waals surface area (Å²) in [6.07, 6.45) is 6.97. The number of nitrogens with one attached hydrogen (secondary N) is 1. The zero-order valence-electron chi connectivity index (χ0n) is 12.1. The third-order valence-electron chi connectivity index (χ3n) is 4.89. The molecule has 0 radical (unpaired) electrons. The highest BCUT2D eigenvalue weighted by molar-refractivity contribution is 5.48. The molecule has 2 fully saturated rings. The molecule has 2 nitrogen and oxygen atoms in total. The molecular formula is C17H26N2. The normalized spacial score (nSPS) is 21.4. The first kappa shape index (κ1) is 13.0. The van der Waals surface area contributed by atoms with Gasteiger partial charge in [-0.15, -0.1) is 0 Å². The van der Waals surface area contributed by atoms with E-state index in [1.165, 1.54) is 56.4 Å². The Bertz CT molecular complexity index is 388. The maximum absolute atomic E-state index is 3.68. The highest BCUT2D eigenvalue weighted by Crippen LogP contribution is 2.29. The third kappa shape index (κ3) is 3.11. The number of hydrogen-bond acceptors (Lipinski definition) is 2. The molecule has 0 aromatic heterocycles. The topological polar surface area (TPSA) is 15.3 Å². The van der Waals surface area contributed by atoms with Crippen molar-refractivity contribution < 1.29 is 0 Å². The Hall–Kier alpha value is -1.02. The monoisotopic (exact) mass is 258 g/mol. The standard InChI is InChI=1S/C17H26N2/c1-14(16-5-4-6-16)18-13-15-7-9-17(10-8-15)19-11-2-3-12-19/h7-10,14,16,18H,2-6,11-13H2,1H3. The average molecular weight is 258 g/mol. The van der Waals surface area contributed by atoms with Crippen molar-refractivity contribution in [2.75, 3.05) is 18.0 Å². The van der Waals surface area contributed by atoms with Crippen molar-refractivity contribution in [2.24, 2.45) is 5.92 Å². The van der Waals surface area contributed by atoms with E-state index in [4.69, 9.17) is 0 Å². The van der Waals surface area contributed by atoms with Crippen LogP contribution in [0.25, 0.3) is 0 Å². The second kappa shape index (κ2) is 5.96. The van der Waals surface area contributed by atoms with Crippen molar-refractivity contribution in [2.45, 2.75) is 51.6 Å². The van der Waals surface area contributed by atoms with Gasteiger partial charge in [-0.1, -0.05) is 18.6 Å². The van der Waals surface area contributed by atoms with E-state index in [0.29, 0.717) is 6.04 Å². The molecule has 19 heavy (non-hydrogen) atoms. The molecule has 1 N–H and O–H groups in total. The van der Waals surface area contributed by atoms with Crippen molar-refractivity contribution >= 4 is 5.69 Å². The molecule has 1 saturated carbocycles. The van der Waals surface area contributed by atoms with Crippen LogP contribution in [0.3, 0.4) is 0 Å². The molecule has 2 aliphatic rings. The van der Waals surface area contributed by atoms with E-state index in [1.807, 2.05) is 0 Å². The van der Waals surface area contributed by atoms with Gasteiger partial charge in [0.05, 0.1) is 0 Å². The Balaban J connectivity index is 1.50. The molecule has 1 saturated heterocycles.